The topological polar surface area (TPSA) is 3.24 Å². The van der Waals surface area contributed by atoms with Crippen molar-refractivity contribution in [3.05, 3.63) is 11.6 Å². The summed E-state index contributed by atoms with van der Waals surface area (Å²) in [4.78, 5) is 1.34. The minimum absolute atomic E-state index is 0.204. The van der Waals surface area contributed by atoms with Crippen molar-refractivity contribution in [3.63, 3.8) is 0 Å². The van der Waals surface area contributed by atoms with E-state index in [1.165, 1.54) is 4.90 Å². The van der Waals surface area contributed by atoms with Crippen molar-refractivity contribution in [2.75, 3.05) is 13.0 Å². The van der Waals surface area contributed by atoms with Crippen molar-refractivity contribution < 1.29 is 5.48 Å². The monoisotopic (exact) mass is 199 g/mol. The predicted octanol–water partition coefficient (Wildman–Crippen LogP) is 3.46. The summed E-state index contributed by atoms with van der Waals surface area (Å²) in [6.45, 7) is 8.10. The summed E-state index contributed by atoms with van der Waals surface area (Å²) < 4.78 is 32.8. The molecule has 1 nitrogen and oxygen atoms in total. The molecule has 14 heavy (non-hydrogen) atoms. The molecule has 1 rings (SSSR count). The Morgan fingerprint density at radius 1 is 1.21 bits per heavy atom. The number of nitrogens with zero attached hydrogens (tertiary/aromatic N) is 1. The Labute approximate surface area is 94.8 Å². The van der Waals surface area contributed by atoms with Crippen LogP contribution in [0.4, 0.5) is 0 Å². The van der Waals surface area contributed by atoms with E-state index >= 15 is 0 Å². The zero-order valence-corrected chi connectivity index (χ0v) is 10.2. The molecule has 82 valence electrons. The zero-order valence-electron chi connectivity index (χ0n) is 14.2. The Bertz CT molecular complexity index is 358. The maximum atomic E-state index is 8.22. The van der Waals surface area contributed by atoms with Gasteiger partial charge >= 0.3 is 0 Å². The third-order valence-corrected chi connectivity index (χ3v) is 2.43. The van der Waals surface area contributed by atoms with Gasteiger partial charge in [0.15, 0.2) is 0 Å². The van der Waals surface area contributed by atoms with Crippen molar-refractivity contribution in [1.29, 1.82) is 0 Å². The van der Waals surface area contributed by atoms with Crippen LogP contribution in [0.15, 0.2) is 11.6 Å². The lowest BCUT2D eigenvalue weighted by Crippen LogP contribution is -2.44. The van der Waals surface area contributed by atoms with E-state index in [2.05, 4.69) is 0 Å². The van der Waals surface area contributed by atoms with Crippen molar-refractivity contribution in [2.24, 2.45) is 5.41 Å². The van der Waals surface area contributed by atoms with Gasteiger partial charge < -0.3 is 0 Å². The van der Waals surface area contributed by atoms with Gasteiger partial charge in [0.1, 0.15) is 0 Å². The molecule has 0 aromatic rings. The molecule has 0 bridgehead atoms. The molecule has 1 aliphatic rings. The third-order valence-electron chi connectivity index (χ3n) is 2.43. The highest BCUT2D eigenvalue weighted by molar-refractivity contribution is 5.15. The molecule has 0 fully saturated rings. The molecule has 0 atom stereocenters. The minimum atomic E-state index is -1.76. The van der Waals surface area contributed by atoms with E-state index in [1.54, 1.807) is 6.08 Å². The van der Waals surface area contributed by atoms with Gasteiger partial charge in [-0.15, -0.1) is 0 Å². The zero-order chi connectivity index (χ0) is 14.6. The first kappa shape index (κ1) is 7.05. The van der Waals surface area contributed by atoms with Gasteiger partial charge in [-0.2, -0.15) is 0 Å². The average Bonchev–Trinajstić information content (AvgIpc) is 1.92. The molecule has 0 aromatic heterocycles. The second-order valence-corrected chi connectivity index (χ2v) is 5.89. The summed E-state index contributed by atoms with van der Waals surface area (Å²) in [5.41, 5.74) is 0.0791. The van der Waals surface area contributed by atoms with Gasteiger partial charge in [0, 0.05) is 24.0 Å². The Hall–Kier alpha value is -0.300. The van der Waals surface area contributed by atoms with E-state index in [1.807, 2.05) is 41.5 Å². The van der Waals surface area contributed by atoms with Crippen molar-refractivity contribution in [1.82, 2.24) is 4.90 Å². The molecule has 0 amide bonds. The molecule has 0 aromatic carbocycles. The van der Waals surface area contributed by atoms with E-state index in [4.69, 9.17) is 5.48 Å². The Morgan fingerprint density at radius 2 is 1.79 bits per heavy atom. The van der Waals surface area contributed by atoms with E-state index < -0.39 is 18.5 Å². The van der Waals surface area contributed by atoms with Crippen LogP contribution in [0.1, 0.15) is 53.4 Å². The normalized spacial score (nSPS) is 32.3. The quantitative estimate of drug-likeness (QED) is 0.540. The lowest BCUT2D eigenvalue weighted by atomic mass is 9.82. The summed E-state index contributed by atoms with van der Waals surface area (Å²) in [5, 5.41) is 0. The molecule has 1 heteroatoms. The second-order valence-electron chi connectivity index (χ2n) is 5.89. The lowest BCUT2D eigenvalue weighted by molar-refractivity contribution is 0.144. The van der Waals surface area contributed by atoms with Gasteiger partial charge in [0.2, 0.25) is 0 Å². The first-order chi connectivity index (χ1) is 7.68. The summed E-state index contributed by atoms with van der Waals surface area (Å²) >= 11 is 0. The second kappa shape index (κ2) is 3.69. The van der Waals surface area contributed by atoms with Crippen LogP contribution in [0, 0.1) is 5.41 Å². The van der Waals surface area contributed by atoms with Gasteiger partial charge in [0.05, 0.1) is 0 Å². The highest BCUT2D eigenvalue weighted by Crippen LogP contribution is 2.31. The Morgan fingerprint density at radius 3 is 2.14 bits per heavy atom. The fourth-order valence-corrected chi connectivity index (χ4v) is 1.32. The maximum absolute atomic E-state index is 8.22. The van der Waals surface area contributed by atoms with Crippen molar-refractivity contribution in [3.8, 4) is 0 Å². The van der Waals surface area contributed by atoms with Crippen molar-refractivity contribution in [2.45, 2.75) is 53.5 Å². The van der Waals surface area contributed by atoms with Crippen LogP contribution in [-0.2, 0) is 0 Å². The van der Waals surface area contributed by atoms with Crippen LogP contribution in [0.3, 0.4) is 0 Å². The molecule has 0 aliphatic carbocycles. The molecular weight excluding hydrogens is 170 g/mol. The van der Waals surface area contributed by atoms with E-state index in [9.17, 15) is 0 Å². The summed E-state index contributed by atoms with van der Waals surface area (Å²) in [7, 11) is 0. The standard InChI is InChI=1S/C13H25N/c1-12(2,3)11-7-9-14(10-8-11)13(4,5)6/h7H,8-10H2,1-6H3/i9D2,10D2. The number of hydrogen-bond donors (Lipinski definition) is 0. The summed E-state index contributed by atoms with van der Waals surface area (Å²) in [5.74, 6) is 0. The van der Waals surface area contributed by atoms with Crippen LogP contribution in [0.2, 0.25) is 0 Å². The van der Waals surface area contributed by atoms with Crippen molar-refractivity contribution >= 4 is 0 Å². The summed E-state index contributed by atoms with van der Waals surface area (Å²) in [6.07, 6.45) is 1.85. The van der Waals surface area contributed by atoms with E-state index in [0.717, 1.165) is 5.57 Å². The third kappa shape index (κ3) is 2.84. The van der Waals surface area contributed by atoms with Crippen LogP contribution in [-0.4, -0.2) is 23.4 Å². The van der Waals surface area contributed by atoms with Crippen LogP contribution in [0.5, 0.6) is 0 Å². The minimum Gasteiger partial charge on any atom is -0.295 e. The highest BCUT2D eigenvalue weighted by atomic mass is 15.2. The molecule has 0 unspecified atom stereocenters. The highest BCUT2D eigenvalue weighted by Gasteiger charge is 2.26. The SMILES string of the molecule is [2H]C1([2H])C=C(C(C)(C)C)CC([2H])([2H])N1C(C)(C)C. The van der Waals surface area contributed by atoms with Gasteiger partial charge in [-0.25, -0.2) is 0 Å². The van der Waals surface area contributed by atoms with Crippen LogP contribution < -0.4 is 0 Å². The molecule has 0 radical (unpaired) electrons. The first-order valence-electron chi connectivity index (χ1n) is 7.21. The fraction of sp³-hybridized carbons (Fsp3) is 0.846. The Balaban J connectivity index is 3.33. The molecule has 0 saturated heterocycles. The Kier molecular flexibility index (Phi) is 1.86. The molecular formula is C13H25N. The van der Waals surface area contributed by atoms with E-state index in [-0.39, 0.29) is 11.8 Å². The fourth-order valence-electron chi connectivity index (χ4n) is 1.32. The lowest BCUT2D eigenvalue weighted by Gasteiger charge is -2.39. The molecule has 1 heterocycles. The molecule has 0 saturated carbocycles. The number of hydrogen-bond acceptors (Lipinski definition) is 1. The van der Waals surface area contributed by atoms with Crippen LogP contribution >= 0.6 is 0 Å². The molecule has 0 N–H and O–H groups in total. The van der Waals surface area contributed by atoms with Gasteiger partial charge in [-0.1, -0.05) is 32.4 Å². The largest absolute Gasteiger partial charge is 0.295 e. The average molecular weight is 199 g/mol. The summed E-state index contributed by atoms with van der Waals surface area (Å²) in [6, 6.07) is 0. The molecule has 0 spiro atoms. The first-order valence-corrected chi connectivity index (χ1v) is 5.21. The molecule has 1 aliphatic heterocycles. The number of rotatable bonds is 0. The van der Waals surface area contributed by atoms with Gasteiger partial charge in [0.25, 0.3) is 0 Å². The van der Waals surface area contributed by atoms with Crippen LogP contribution in [0.25, 0.3) is 0 Å². The van der Waals surface area contributed by atoms with Gasteiger partial charge in [-0.3, -0.25) is 4.90 Å². The van der Waals surface area contributed by atoms with E-state index in [0.29, 0.717) is 0 Å². The predicted molar refractivity (Wildman–Crippen MR) is 63.5 cm³/mol. The van der Waals surface area contributed by atoms with Gasteiger partial charge in [-0.05, 0) is 32.6 Å². The smallest absolute Gasteiger partial charge is 0.0475 e. The maximum Gasteiger partial charge on any atom is 0.0475 e.